The largest absolute Gasteiger partial charge is 0.0738 e. The van der Waals surface area contributed by atoms with Gasteiger partial charge < -0.3 is 0 Å². The lowest BCUT2D eigenvalue weighted by Crippen LogP contribution is -2.29. The van der Waals surface area contributed by atoms with Crippen LogP contribution in [0.4, 0.5) is 0 Å². The van der Waals surface area contributed by atoms with Gasteiger partial charge in [-0.05, 0) is 87.7 Å². The van der Waals surface area contributed by atoms with Gasteiger partial charge >= 0.3 is 0 Å². The summed E-state index contributed by atoms with van der Waals surface area (Å²) in [6, 6.07) is 7.18. The molecule has 0 aliphatic heterocycles. The van der Waals surface area contributed by atoms with Crippen molar-refractivity contribution in [1.82, 2.24) is 0 Å². The molecular formula is C20H26. The fourth-order valence-corrected chi connectivity index (χ4v) is 5.26. The lowest BCUT2D eigenvalue weighted by Gasteiger charge is -2.37. The molecule has 106 valence electrons. The Labute approximate surface area is 123 Å². The SMILES string of the molecule is CC1=C2CCC3Cc4ccc(C)cc4CCC3C2CC1. The molecule has 1 saturated carbocycles. The maximum absolute atomic E-state index is 2.45. The molecule has 0 heterocycles. The van der Waals surface area contributed by atoms with Gasteiger partial charge in [-0.1, -0.05) is 34.9 Å². The molecule has 0 aromatic heterocycles. The van der Waals surface area contributed by atoms with Crippen LogP contribution in [0, 0.1) is 24.7 Å². The molecule has 3 aliphatic carbocycles. The minimum absolute atomic E-state index is 0.948. The number of aryl methyl sites for hydroxylation is 2. The predicted octanol–water partition coefficient (Wildman–Crippen LogP) is 5.24. The topological polar surface area (TPSA) is 0 Å². The second-order valence-electron chi connectivity index (χ2n) is 7.43. The Balaban J connectivity index is 1.66. The fourth-order valence-electron chi connectivity index (χ4n) is 5.26. The number of hydrogen-bond acceptors (Lipinski definition) is 0. The average Bonchev–Trinajstić information content (AvgIpc) is 2.71. The minimum Gasteiger partial charge on any atom is -0.0738 e. The van der Waals surface area contributed by atoms with Gasteiger partial charge in [-0.3, -0.25) is 0 Å². The monoisotopic (exact) mass is 266 g/mol. The van der Waals surface area contributed by atoms with Crippen LogP contribution < -0.4 is 0 Å². The highest BCUT2D eigenvalue weighted by Crippen LogP contribution is 2.50. The van der Waals surface area contributed by atoms with Crippen LogP contribution in [0.25, 0.3) is 0 Å². The summed E-state index contributed by atoms with van der Waals surface area (Å²) in [6.07, 6.45) is 9.79. The smallest absolute Gasteiger partial charge is 0.0166 e. The first-order chi connectivity index (χ1) is 9.72. The quantitative estimate of drug-likeness (QED) is 0.564. The number of fused-ring (bicyclic) bond motifs is 4. The summed E-state index contributed by atoms with van der Waals surface area (Å²) in [5, 5.41) is 0. The lowest BCUT2D eigenvalue weighted by atomic mass is 9.67. The van der Waals surface area contributed by atoms with Gasteiger partial charge in [-0.25, -0.2) is 0 Å². The van der Waals surface area contributed by atoms with Crippen molar-refractivity contribution in [3.8, 4) is 0 Å². The van der Waals surface area contributed by atoms with E-state index in [1.54, 1.807) is 16.7 Å². The second-order valence-corrected chi connectivity index (χ2v) is 7.43. The van der Waals surface area contributed by atoms with Crippen molar-refractivity contribution in [1.29, 1.82) is 0 Å². The Kier molecular flexibility index (Phi) is 3.02. The molecule has 1 aromatic carbocycles. The van der Waals surface area contributed by atoms with E-state index in [9.17, 15) is 0 Å². The zero-order chi connectivity index (χ0) is 13.7. The molecule has 0 radical (unpaired) electrons. The zero-order valence-corrected chi connectivity index (χ0v) is 12.9. The number of benzene rings is 1. The Morgan fingerprint density at radius 1 is 0.900 bits per heavy atom. The standard InChI is InChI=1S/C20H26/c1-13-3-5-16-12-17-7-9-18-14(2)4-8-20(18)19(17)10-6-15(16)11-13/h3,5,11,17,19-20H,4,6-10,12H2,1-2H3. The molecule has 0 bridgehead atoms. The van der Waals surface area contributed by atoms with Crippen molar-refractivity contribution in [2.45, 2.75) is 58.8 Å². The summed E-state index contributed by atoms with van der Waals surface area (Å²) in [6.45, 7) is 4.63. The van der Waals surface area contributed by atoms with Crippen molar-refractivity contribution >= 4 is 0 Å². The Hall–Kier alpha value is -1.04. The van der Waals surface area contributed by atoms with Gasteiger partial charge in [0.2, 0.25) is 0 Å². The maximum atomic E-state index is 2.45. The van der Waals surface area contributed by atoms with Gasteiger partial charge in [0, 0.05) is 0 Å². The molecule has 1 aromatic rings. The average molecular weight is 266 g/mol. The van der Waals surface area contributed by atoms with Crippen LogP contribution in [0.1, 0.15) is 55.7 Å². The molecule has 4 rings (SSSR count). The number of hydrogen-bond donors (Lipinski definition) is 0. The highest BCUT2D eigenvalue weighted by atomic mass is 14.4. The van der Waals surface area contributed by atoms with Crippen molar-refractivity contribution in [2.24, 2.45) is 17.8 Å². The van der Waals surface area contributed by atoms with Crippen LogP contribution in [0.15, 0.2) is 29.3 Å². The van der Waals surface area contributed by atoms with Crippen molar-refractivity contribution < 1.29 is 0 Å². The third kappa shape index (κ3) is 1.96. The molecule has 0 N–H and O–H groups in total. The summed E-state index contributed by atoms with van der Waals surface area (Å²) < 4.78 is 0. The summed E-state index contributed by atoms with van der Waals surface area (Å²) in [5.41, 5.74) is 8.36. The molecular weight excluding hydrogens is 240 g/mol. The maximum Gasteiger partial charge on any atom is -0.0166 e. The van der Waals surface area contributed by atoms with Crippen LogP contribution in [0.5, 0.6) is 0 Å². The predicted molar refractivity (Wildman–Crippen MR) is 84.8 cm³/mol. The molecule has 3 atom stereocenters. The molecule has 0 amide bonds. The van der Waals surface area contributed by atoms with E-state index in [2.05, 4.69) is 32.0 Å². The molecule has 0 spiro atoms. The molecule has 0 saturated heterocycles. The third-order valence-corrected chi connectivity index (χ3v) is 6.32. The van der Waals surface area contributed by atoms with Crippen LogP contribution >= 0.6 is 0 Å². The summed E-state index contributed by atoms with van der Waals surface area (Å²) >= 11 is 0. The molecule has 20 heavy (non-hydrogen) atoms. The minimum atomic E-state index is 0.948. The van der Waals surface area contributed by atoms with Crippen LogP contribution in [0.2, 0.25) is 0 Å². The second kappa shape index (κ2) is 4.76. The normalized spacial score (nSPS) is 32.4. The first-order valence-electron chi connectivity index (χ1n) is 8.49. The van der Waals surface area contributed by atoms with E-state index in [0.29, 0.717) is 0 Å². The molecule has 1 fully saturated rings. The van der Waals surface area contributed by atoms with Gasteiger partial charge in [-0.2, -0.15) is 0 Å². The van der Waals surface area contributed by atoms with Crippen molar-refractivity contribution in [3.05, 3.63) is 46.0 Å². The summed E-state index contributed by atoms with van der Waals surface area (Å²) in [5.74, 6) is 2.88. The summed E-state index contributed by atoms with van der Waals surface area (Å²) in [4.78, 5) is 0. The molecule has 3 aliphatic rings. The van der Waals surface area contributed by atoms with Gasteiger partial charge in [0.25, 0.3) is 0 Å². The van der Waals surface area contributed by atoms with Crippen LogP contribution in [0.3, 0.4) is 0 Å². The van der Waals surface area contributed by atoms with E-state index >= 15 is 0 Å². The Bertz CT molecular complexity index is 563. The number of allylic oxidation sites excluding steroid dienone is 2. The van der Waals surface area contributed by atoms with Crippen molar-refractivity contribution in [3.63, 3.8) is 0 Å². The highest BCUT2D eigenvalue weighted by Gasteiger charge is 2.39. The lowest BCUT2D eigenvalue weighted by molar-refractivity contribution is 0.194. The summed E-state index contributed by atoms with van der Waals surface area (Å²) in [7, 11) is 0. The van der Waals surface area contributed by atoms with Gasteiger partial charge in [0.05, 0.1) is 0 Å². The third-order valence-electron chi connectivity index (χ3n) is 6.32. The van der Waals surface area contributed by atoms with E-state index in [0.717, 1.165) is 17.8 Å². The fraction of sp³-hybridized carbons (Fsp3) is 0.600. The van der Waals surface area contributed by atoms with Crippen LogP contribution in [-0.4, -0.2) is 0 Å². The van der Waals surface area contributed by atoms with Gasteiger partial charge in [0.1, 0.15) is 0 Å². The van der Waals surface area contributed by atoms with E-state index in [1.807, 2.05) is 5.57 Å². The first-order valence-corrected chi connectivity index (χ1v) is 8.49. The van der Waals surface area contributed by atoms with Gasteiger partial charge in [-0.15, -0.1) is 0 Å². The molecule has 0 heteroatoms. The Morgan fingerprint density at radius 2 is 1.80 bits per heavy atom. The van der Waals surface area contributed by atoms with E-state index in [-0.39, 0.29) is 0 Å². The van der Waals surface area contributed by atoms with Crippen molar-refractivity contribution in [2.75, 3.05) is 0 Å². The Morgan fingerprint density at radius 3 is 2.70 bits per heavy atom. The van der Waals surface area contributed by atoms with E-state index in [4.69, 9.17) is 0 Å². The van der Waals surface area contributed by atoms with E-state index < -0.39 is 0 Å². The van der Waals surface area contributed by atoms with E-state index in [1.165, 1.54) is 50.5 Å². The van der Waals surface area contributed by atoms with Crippen LogP contribution in [-0.2, 0) is 12.8 Å². The first kappa shape index (κ1) is 12.7. The zero-order valence-electron chi connectivity index (χ0n) is 12.9. The number of rotatable bonds is 0. The molecule has 0 nitrogen and oxygen atoms in total. The van der Waals surface area contributed by atoms with Gasteiger partial charge in [0.15, 0.2) is 0 Å². The molecule has 3 unspecified atom stereocenters. The highest BCUT2D eigenvalue weighted by molar-refractivity contribution is 5.34.